The molecule has 0 saturated carbocycles. The minimum atomic E-state index is 0.155. The van der Waals surface area contributed by atoms with Gasteiger partial charge in [0.15, 0.2) is 0 Å². The summed E-state index contributed by atoms with van der Waals surface area (Å²) in [4.78, 5) is 12.8. The molecule has 1 nitrogen and oxygen atoms in total. The molecule has 0 radical (unpaired) electrons. The van der Waals surface area contributed by atoms with Crippen LogP contribution in [-0.2, 0) is 29.5 Å². The second-order valence-electron chi connectivity index (χ2n) is 13.8. The lowest BCUT2D eigenvalue weighted by atomic mass is 9.70. The number of carbonyl (C=O) groups is 1. The summed E-state index contributed by atoms with van der Waals surface area (Å²) in [6.07, 6.45) is 16.2. The van der Waals surface area contributed by atoms with Crippen LogP contribution in [0.2, 0.25) is 0 Å². The van der Waals surface area contributed by atoms with Gasteiger partial charge < -0.3 is 0 Å². The number of hydrogen-bond acceptors (Lipinski definition) is 1. The van der Waals surface area contributed by atoms with Crippen LogP contribution in [0.4, 0.5) is 0 Å². The Morgan fingerprint density at radius 2 is 0.978 bits per heavy atom. The first-order valence-electron chi connectivity index (χ1n) is 17.7. The van der Waals surface area contributed by atoms with Gasteiger partial charge in [-0.1, -0.05) is 161 Å². The third kappa shape index (κ3) is 11.8. The third-order valence-electron chi connectivity index (χ3n) is 10.1. The molecule has 45 heavy (non-hydrogen) atoms. The van der Waals surface area contributed by atoms with Gasteiger partial charge in [0.05, 0.1) is 0 Å². The Labute approximate surface area is 274 Å². The number of benzene rings is 4. The molecule has 238 valence electrons. The maximum Gasteiger partial charge on any atom is 0.132 e. The monoisotopic (exact) mass is 600 g/mol. The largest absolute Gasteiger partial charge is 0.300 e. The first kappa shape index (κ1) is 34.4. The highest BCUT2D eigenvalue weighted by molar-refractivity contribution is 5.78. The maximum atomic E-state index is 12.8. The van der Waals surface area contributed by atoms with E-state index in [1.807, 2.05) is 0 Å². The van der Waals surface area contributed by atoms with Crippen molar-refractivity contribution in [3.63, 3.8) is 0 Å². The van der Waals surface area contributed by atoms with Crippen LogP contribution in [0.5, 0.6) is 0 Å². The predicted octanol–water partition coefficient (Wildman–Crippen LogP) is 11.9. The molecule has 0 spiro atoms. The molecule has 4 aromatic rings. The topological polar surface area (TPSA) is 17.1 Å². The van der Waals surface area contributed by atoms with Gasteiger partial charge in [0.25, 0.3) is 0 Å². The molecule has 0 aliphatic carbocycles. The summed E-state index contributed by atoms with van der Waals surface area (Å²) in [5.74, 6) is 0.459. The van der Waals surface area contributed by atoms with E-state index in [1.165, 1.54) is 54.4 Å². The van der Waals surface area contributed by atoms with E-state index in [0.29, 0.717) is 5.78 Å². The van der Waals surface area contributed by atoms with Crippen molar-refractivity contribution in [1.82, 2.24) is 0 Å². The molecule has 4 aromatic carbocycles. The first-order valence-corrected chi connectivity index (χ1v) is 17.7. The molecule has 0 aromatic heterocycles. The summed E-state index contributed by atoms with van der Waals surface area (Å²) in [6, 6.07) is 43.9. The molecule has 1 heteroatoms. The summed E-state index contributed by atoms with van der Waals surface area (Å²) in [6.45, 7) is 4.81. The predicted molar refractivity (Wildman–Crippen MR) is 193 cm³/mol. The van der Waals surface area contributed by atoms with E-state index in [2.05, 4.69) is 135 Å². The van der Waals surface area contributed by atoms with Gasteiger partial charge in [-0.3, -0.25) is 4.79 Å². The Kier molecular flexibility index (Phi) is 14.2. The van der Waals surface area contributed by atoms with Crippen LogP contribution in [0.25, 0.3) is 0 Å². The van der Waals surface area contributed by atoms with Crippen LogP contribution in [0.15, 0.2) is 121 Å². The first-order chi connectivity index (χ1) is 22.0. The Morgan fingerprint density at radius 3 is 1.51 bits per heavy atom. The highest BCUT2D eigenvalue weighted by Crippen LogP contribution is 2.38. The minimum Gasteiger partial charge on any atom is -0.300 e. The minimum absolute atomic E-state index is 0.155. The van der Waals surface area contributed by atoms with Gasteiger partial charge in [0.2, 0.25) is 0 Å². The van der Waals surface area contributed by atoms with Gasteiger partial charge in [0, 0.05) is 12.8 Å². The number of unbranched alkanes of at least 4 members (excludes halogenated alkanes) is 4. The Balaban J connectivity index is 1.17. The second-order valence-corrected chi connectivity index (χ2v) is 13.8. The third-order valence-corrected chi connectivity index (χ3v) is 10.1. The molecule has 2 unspecified atom stereocenters. The van der Waals surface area contributed by atoms with Crippen molar-refractivity contribution in [3.8, 4) is 0 Å². The van der Waals surface area contributed by atoms with Crippen molar-refractivity contribution >= 4 is 5.78 Å². The summed E-state index contributed by atoms with van der Waals surface area (Å²) in [5, 5.41) is 0. The summed E-state index contributed by atoms with van der Waals surface area (Å²) in [5.41, 5.74) is 6.15. The van der Waals surface area contributed by atoms with E-state index in [9.17, 15) is 4.79 Å². The maximum absolute atomic E-state index is 12.8. The van der Waals surface area contributed by atoms with Crippen LogP contribution in [0.1, 0.15) is 113 Å². The highest BCUT2D eigenvalue weighted by atomic mass is 16.1. The van der Waals surface area contributed by atoms with Crippen LogP contribution in [0.3, 0.4) is 0 Å². The lowest BCUT2D eigenvalue weighted by Gasteiger charge is -2.34. The normalized spacial score (nSPS) is 14.0. The zero-order valence-corrected chi connectivity index (χ0v) is 28.1. The van der Waals surface area contributed by atoms with Gasteiger partial charge in [-0.15, -0.1) is 0 Å². The van der Waals surface area contributed by atoms with Crippen LogP contribution < -0.4 is 0 Å². The van der Waals surface area contributed by atoms with Crippen molar-refractivity contribution in [1.29, 1.82) is 0 Å². The quantitative estimate of drug-likeness (QED) is 0.0869. The number of hydrogen-bond donors (Lipinski definition) is 0. The Morgan fingerprint density at radius 1 is 0.511 bits per heavy atom. The molecule has 2 atom stereocenters. The molecule has 0 N–H and O–H groups in total. The lowest BCUT2D eigenvalue weighted by molar-refractivity contribution is -0.119. The van der Waals surface area contributed by atoms with E-state index < -0.39 is 0 Å². The molecule has 0 aliphatic heterocycles. The zero-order valence-electron chi connectivity index (χ0n) is 28.1. The molecule has 0 bridgehead atoms. The molecule has 0 fully saturated rings. The number of aryl methyl sites for hydroxylation is 1. The van der Waals surface area contributed by atoms with E-state index in [-0.39, 0.29) is 10.8 Å². The number of Topliss-reactive ketones (excluding diaryl/α,β-unsaturated/α-hetero) is 1. The molecule has 0 aliphatic rings. The van der Waals surface area contributed by atoms with Crippen molar-refractivity contribution in [2.24, 2.45) is 5.41 Å². The van der Waals surface area contributed by atoms with Crippen molar-refractivity contribution < 1.29 is 4.79 Å². The van der Waals surface area contributed by atoms with Gasteiger partial charge in [-0.05, 0) is 90.9 Å². The average molecular weight is 601 g/mol. The van der Waals surface area contributed by atoms with E-state index in [0.717, 1.165) is 64.2 Å². The van der Waals surface area contributed by atoms with Gasteiger partial charge in [-0.2, -0.15) is 0 Å². The van der Waals surface area contributed by atoms with Crippen LogP contribution >= 0.6 is 0 Å². The van der Waals surface area contributed by atoms with Crippen molar-refractivity contribution in [2.45, 2.75) is 116 Å². The highest BCUT2D eigenvalue weighted by Gasteiger charge is 2.30. The molecule has 0 heterocycles. The van der Waals surface area contributed by atoms with Crippen LogP contribution in [0, 0.1) is 5.41 Å². The fourth-order valence-corrected chi connectivity index (χ4v) is 7.24. The zero-order chi connectivity index (χ0) is 31.6. The second kappa shape index (κ2) is 18.5. The standard InChI is InChI=1S/C44H56O/c1-3-44(41-28-16-7-17-29-41,37-40-26-14-6-15-27-40)34-21-9-19-31-42(45)30-18-8-20-33-43(2,36-39-24-12-5-13-25-39)35-32-38-22-10-4-11-23-38/h4-7,10-17,22-29H,3,8-9,18-21,30-37H2,1-2H3. The Bertz CT molecular complexity index is 1350. The number of rotatable bonds is 21. The smallest absolute Gasteiger partial charge is 0.132 e. The SMILES string of the molecule is CCC(CCCCCC(=O)CCCCCC(C)(CCc1ccccc1)Cc1ccccc1)(Cc1ccccc1)c1ccccc1. The molecule has 4 rings (SSSR count). The van der Waals surface area contributed by atoms with E-state index in [1.54, 1.807) is 0 Å². The molecular formula is C44H56O. The lowest BCUT2D eigenvalue weighted by Crippen LogP contribution is -2.28. The van der Waals surface area contributed by atoms with Gasteiger partial charge >= 0.3 is 0 Å². The molecule has 0 amide bonds. The average Bonchev–Trinajstić information content (AvgIpc) is 3.08. The van der Waals surface area contributed by atoms with E-state index >= 15 is 0 Å². The molecular weight excluding hydrogens is 544 g/mol. The van der Waals surface area contributed by atoms with E-state index in [4.69, 9.17) is 0 Å². The van der Waals surface area contributed by atoms with Crippen molar-refractivity contribution in [2.75, 3.05) is 0 Å². The molecule has 0 saturated heterocycles. The van der Waals surface area contributed by atoms with Crippen LogP contribution in [-0.4, -0.2) is 5.78 Å². The van der Waals surface area contributed by atoms with Gasteiger partial charge in [0.1, 0.15) is 5.78 Å². The Hall–Kier alpha value is -3.45. The van der Waals surface area contributed by atoms with Gasteiger partial charge in [-0.25, -0.2) is 0 Å². The van der Waals surface area contributed by atoms with Crippen molar-refractivity contribution in [3.05, 3.63) is 144 Å². The summed E-state index contributed by atoms with van der Waals surface area (Å²) < 4.78 is 0. The fourth-order valence-electron chi connectivity index (χ4n) is 7.24. The summed E-state index contributed by atoms with van der Waals surface area (Å²) >= 11 is 0. The fraction of sp³-hybridized carbons (Fsp3) is 0.432. The summed E-state index contributed by atoms with van der Waals surface area (Å²) in [7, 11) is 0. The number of carbonyl (C=O) groups excluding carboxylic acids is 1. The number of ketones is 1.